The summed E-state index contributed by atoms with van der Waals surface area (Å²) in [7, 11) is 0. The van der Waals surface area contributed by atoms with Crippen LogP contribution in [0.3, 0.4) is 0 Å². The molecule has 0 saturated heterocycles. The Hall–Kier alpha value is -1.18. The Kier molecular flexibility index (Phi) is 2.59. The first-order valence-electron chi connectivity index (χ1n) is 5.52. The minimum atomic E-state index is 0.154. The summed E-state index contributed by atoms with van der Waals surface area (Å²) in [5, 5.41) is 0. The van der Waals surface area contributed by atoms with Crippen LogP contribution in [0.4, 0.5) is 0 Å². The van der Waals surface area contributed by atoms with Gasteiger partial charge in [0.15, 0.2) is 11.5 Å². The summed E-state index contributed by atoms with van der Waals surface area (Å²) in [6.07, 6.45) is 0.154. The molecule has 0 bridgehead atoms. The van der Waals surface area contributed by atoms with E-state index in [9.17, 15) is 0 Å². The predicted molar refractivity (Wildman–Crippen MR) is 60.9 cm³/mol. The van der Waals surface area contributed by atoms with Crippen LogP contribution in [0.1, 0.15) is 37.8 Å². The molecule has 82 valence electrons. The van der Waals surface area contributed by atoms with E-state index in [1.807, 2.05) is 6.92 Å². The predicted octanol–water partition coefficient (Wildman–Crippen LogP) is 3.28. The third-order valence-electron chi connectivity index (χ3n) is 2.76. The first-order valence-corrected chi connectivity index (χ1v) is 5.52. The zero-order valence-electron chi connectivity index (χ0n) is 9.83. The normalized spacial score (nSPS) is 19.4. The van der Waals surface area contributed by atoms with Gasteiger partial charge in [0.05, 0.1) is 0 Å². The summed E-state index contributed by atoms with van der Waals surface area (Å²) >= 11 is 0. The minimum absolute atomic E-state index is 0.154. The summed E-state index contributed by atoms with van der Waals surface area (Å²) in [5.74, 6) is 2.30. The van der Waals surface area contributed by atoms with Crippen LogP contribution in [-0.4, -0.2) is 12.7 Å². The highest BCUT2D eigenvalue weighted by Crippen LogP contribution is 2.36. The van der Waals surface area contributed by atoms with Gasteiger partial charge in [-0.1, -0.05) is 13.8 Å². The van der Waals surface area contributed by atoms with Crippen LogP contribution in [-0.2, 0) is 0 Å². The summed E-state index contributed by atoms with van der Waals surface area (Å²) in [4.78, 5) is 0. The lowest BCUT2D eigenvalue weighted by Crippen LogP contribution is -2.25. The molecule has 0 radical (unpaired) electrons. The van der Waals surface area contributed by atoms with Crippen molar-refractivity contribution in [3.63, 3.8) is 0 Å². The molecule has 2 heteroatoms. The van der Waals surface area contributed by atoms with Gasteiger partial charge >= 0.3 is 0 Å². The topological polar surface area (TPSA) is 18.5 Å². The fourth-order valence-corrected chi connectivity index (χ4v) is 1.96. The molecule has 1 aliphatic rings. The van der Waals surface area contributed by atoms with Crippen LogP contribution in [0.15, 0.2) is 12.1 Å². The van der Waals surface area contributed by atoms with Crippen LogP contribution in [0.2, 0.25) is 0 Å². The van der Waals surface area contributed by atoms with Crippen LogP contribution < -0.4 is 9.47 Å². The van der Waals surface area contributed by atoms with Crippen molar-refractivity contribution in [1.29, 1.82) is 0 Å². The molecule has 1 aliphatic heterocycles. The molecule has 0 N–H and O–H groups in total. The smallest absolute Gasteiger partial charge is 0.162 e. The molecule has 2 nitrogen and oxygen atoms in total. The summed E-state index contributed by atoms with van der Waals surface area (Å²) < 4.78 is 11.4. The number of ether oxygens (including phenoxy) is 2. The number of aryl methyl sites for hydroxylation is 1. The first-order chi connectivity index (χ1) is 7.08. The van der Waals surface area contributed by atoms with E-state index in [2.05, 4.69) is 32.9 Å². The lowest BCUT2D eigenvalue weighted by Gasteiger charge is -2.25. The Bertz CT molecular complexity index is 369. The Morgan fingerprint density at radius 3 is 2.67 bits per heavy atom. The Morgan fingerprint density at radius 2 is 2.00 bits per heavy atom. The highest BCUT2D eigenvalue weighted by Gasteiger charge is 2.19. The quantitative estimate of drug-likeness (QED) is 0.702. The van der Waals surface area contributed by atoms with Crippen LogP contribution in [0, 0.1) is 6.92 Å². The van der Waals surface area contributed by atoms with Crippen molar-refractivity contribution in [3.8, 4) is 11.5 Å². The van der Waals surface area contributed by atoms with E-state index < -0.39 is 0 Å². The molecule has 0 amide bonds. The molecule has 1 aromatic carbocycles. The molecule has 1 unspecified atom stereocenters. The average Bonchev–Trinajstić information content (AvgIpc) is 2.15. The molecule has 0 aromatic heterocycles. The van der Waals surface area contributed by atoms with E-state index in [4.69, 9.17) is 9.47 Å². The Labute approximate surface area is 91.2 Å². The average molecular weight is 206 g/mol. The van der Waals surface area contributed by atoms with Gasteiger partial charge in [0.1, 0.15) is 12.7 Å². The van der Waals surface area contributed by atoms with Crippen molar-refractivity contribution < 1.29 is 9.47 Å². The van der Waals surface area contributed by atoms with E-state index in [0.717, 1.165) is 11.5 Å². The number of rotatable bonds is 1. The lowest BCUT2D eigenvalue weighted by molar-refractivity contribution is 0.104. The van der Waals surface area contributed by atoms with E-state index in [0.29, 0.717) is 12.5 Å². The zero-order valence-corrected chi connectivity index (χ0v) is 9.83. The van der Waals surface area contributed by atoms with Crippen molar-refractivity contribution in [2.75, 3.05) is 6.61 Å². The molecular weight excluding hydrogens is 188 g/mol. The van der Waals surface area contributed by atoms with Gasteiger partial charge < -0.3 is 9.47 Å². The fourth-order valence-electron chi connectivity index (χ4n) is 1.96. The number of hydrogen-bond acceptors (Lipinski definition) is 2. The fraction of sp³-hybridized carbons (Fsp3) is 0.538. The number of hydrogen-bond donors (Lipinski definition) is 0. The van der Waals surface area contributed by atoms with Crippen LogP contribution in [0.5, 0.6) is 11.5 Å². The monoisotopic (exact) mass is 206 g/mol. The lowest BCUT2D eigenvalue weighted by atomic mass is 9.97. The van der Waals surface area contributed by atoms with Gasteiger partial charge in [0, 0.05) is 0 Å². The molecule has 2 rings (SSSR count). The highest BCUT2D eigenvalue weighted by molar-refractivity contribution is 5.48. The van der Waals surface area contributed by atoms with Gasteiger partial charge in [0.2, 0.25) is 0 Å². The summed E-state index contributed by atoms with van der Waals surface area (Å²) in [6, 6.07) is 4.20. The standard InChI is InChI=1S/C13H18O2/c1-8(2)11-6-12-13(5-9(11)3)15-10(4)7-14-12/h5-6,8,10H,7H2,1-4H3. The second kappa shape index (κ2) is 3.76. The Balaban J connectivity index is 2.42. The highest BCUT2D eigenvalue weighted by atomic mass is 16.6. The third-order valence-corrected chi connectivity index (χ3v) is 2.76. The van der Waals surface area contributed by atoms with Crippen LogP contribution in [0.25, 0.3) is 0 Å². The van der Waals surface area contributed by atoms with Gasteiger partial charge in [0.25, 0.3) is 0 Å². The van der Waals surface area contributed by atoms with E-state index in [-0.39, 0.29) is 6.10 Å². The third kappa shape index (κ3) is 1.94. The molecule has 1 aromatic rings. The van der Waals surface area contributed by atoms with Crippen molar-refractivity contribution in [2.45, 2.75) is 39.7 Å². The largest absolute Gasteiger partial charge is 0.486 e. The van der Waals surface area contributed by atoms with Crippen molar-refractivity contribution in [2.24, 2.45) is 0 Å². The Morgan fingerprint density at radius 1 is 1.27 bits per heavy atom. The van der Waals surface area contributed by atoms with Crippen LogP contribution >= 0.6 is 0 Å². The number of benzene rings is 1. The number of fused-ring (bicyclic) bond motifs is 1. The molecule has 0 aliphatic carbocycles. The molecule has 0 spiro atoms. The van der Waals surface area contributed by atoms with Gasteiger partial charge in [-0.25, -0.2) is 0 Å². The maximum atomic E-state index is 5.72. The van der Waals surface area contributed by atoms with Gasteiger partial charge in [-0.3, -0.25) is 0 Å². The molecule has 1 atom stereocenters. The SMILES string of the molecule is Cc1cc2c(cc1C(C)C)OCC(C)O2. The maximum Gasteiger partial charge on any atom is 0.162 e. The van der Waals surface area contributed by atoms with E-state index >= 15 is 0 Å². The van der Waals surface area contributed by atoms with Gasteiger partial charge in [-0.15, -0.1) is 0 Å². The molecule has 15 heavy (non-hydrogen) atoms. The molecule has 1 heterocycles. The van der Waals surface area contributed by atoms with Crippen molar-refractivity contribution >= 4 is 0 Å². The molecule has 0 fully saturated rings. The molecule has 0 saturated carbocycles. The summed E-state index contributed by atoms with van der Waals surface area (Å²) in [6.45, 7) is 9.18. The van der Waals surface area contributed by atoms with Crippen molar-refractivity contribution in [1.82, 2.24) is 0 Å². The second-order valence-corrected chi connectivity index (χ2v) is 4.55. The minimum Gasteiger partial charge on any atom is -0.486 e. The van der Waals surface area contributed by atoms with E-state index in [1.54, 1.807) is 0 Å². The second-order valence-electron chi connectivity index (χ2n) is 4.55. The van der Waals surface area contributed by atoms with Gasteiger partial charge in [-0.05, 0) is 43.0 Å². The van der Waals surface area contributed by atoms with E-state index in [1.165, 1.54) is 11.1 Å². The maximum absolute atomic E-state index is 5.72. The first kappa shape index (κ1) is 10.3. The molecular formula is C13H18O2. The van der Waals surface area contributed by atoms with Gasteiger partial charge in [-0.2, -0.15) is 0 Å². The zero-order chi connectivity index (χ0) is 11.0. The van der Waals surface area contributed by atoms with Crippen molar-refractivity contribution in [3.05, 3.63) is 23.3 Å². The summed E-state index contributed by atoms with van der Waals surface area (Å²) in [5.41, 5.74) is 2.62.